The van der Waals surface area contributed by atoms with Crippen LogP contribution in [0.3, 0.4) is 0 Å². The number of hydrogen-bond acceptors (Lipinski definition) is 4. The molecule has 1 amide bonds. The fraction of sp³-hybridized carbons (Fsp3) is 0.235. The van der Waals surface area contributed by atoms with E-state index in [1.165, 1.54) is 17.1 Å². The van der Waals surface area contributed by atoms with Crippen molar-refractivity contribution in [3.05, 3.63) is 60.2 Å². The van der Waals surface area contributed by atoms with Crippen LogP contribution in [0.15, 0.2) is 54.6 Å². The first-order chi connectivity index (χ1) is 10.8. The smallest absolute Gasteiger partial charge is 0.262 e. The molecule has 1 fully saturated rings. The average molecular weight is 331 g/mol. The molecule has 2 aromatic carbocycles. The van der Waals surface area contributed by atoms with Gasteiger partial charge >= 0.3 is 0 Å². The Morgan fingerprint density at radius 1 is 1.09 bits per heavy atom. The van der Waals surface area contributed by atoms with Gasteiger partial charge in [0.15, 0.2) is 6.61 Å². The first kappa shape index (κ1) is 15.3. The van der Waals surface area contributed by atoms with Crippen molar-refractivity contribution >= 4 is 35.1 Å². The molecule has 0 unspecified atom stereocenters. The first-order valence-electron chi connectivity index (χ1n) is 7.12. The highest BCUT2D eigenvalue weighted by Crippen LogP contribution is 2.45. The van der Waals surface area contributed by atoms with Crippen LogP contribution in [-0.2, 0) is 4.79 Å². The summed E-state index contributed by atoms with van der Waals surface area (Å²) in [4.78, 5) is 12.0. The summed E-state index contributed by atoms with van der Waals surface area (Å²) in [7, 11) is 0. The van der Waals surface area contributed by atoms with Gasteiger partial charge in [-0.2, -0.15) is 0 Å². The first-order valence-corrected chi connectivity index (χ1v) is 9.22. The number of carbonyl (C=O) groups is 1. The van der Waals surface area contributed by atoms with Gasteiger partial charge in [0.25, 0.3) is 5.91 Å². The maximum absolute atomic E-state index is 12.0. The van der Waals surface area contributed by atoms with E-state index in [2.05, 4.69) is 17.4 Å². The number of thioether (sulfide) groups is 2. The Morgan fingerprint density at radius 3 is 2.64 bits per heavy atom. The highest BCUT2D eigenvalue weighted by molar-refractivity contribution is 8.19. The van der Waals surface area contributed by atoms with Gasteiger partial charge < -0.3 is 10.1 Å². The number of hydrogen-bond donors (Lipinski definition) is 1. The Bertz CT molecular complexity index is 628. The van der Waals surface area contributed by atoms with E-state index in [1.807, 2.05) is 66.0 Å². The van der Waals surface area contributed by atoms with Crippen LogP contribution in [0.25, 0.3) is 0 Å². The van der Waals surface area contributed by atoms with Crippen molar-refractivity contribution in [2.75, 3.05) is 23.4 Å². The van der Waals surface area contributed by atoms with Crippen molar-refractivity contribution in [1.82, 2.24) is 0 Å². The zero-order valence-electron chi connectivity index (χ0n) is 12.0. The Labute approximate surface area is 138 Å². The fourth-order valence-electron chi connectivity index (χ4n) is 2.18. The molecule has 1 saturated heterocycles. The van der Waals surface area contributed by atoms with Crippen molar-refractivity contribution in [1.29, 1.82) is 0 Å². The van der Waals surface area contributed by atoms with Crippen molar-refractivity contribution in [3.8, 4) is 5.75 Å². The number of carbonyl (C=O) groups excluding carboxylic acids is 1. The monoisotopic (exact) mass is 331 g/mol. The molecule has 2 aromatic rings. The van der Waals surface area contributed by atoms with Crippen LogP contribution in [0, 0.1) is 0 Å². The van der Waals surface area contributed by atoms with Crippen LogP contribution in [0.1, 0.15) is 10.1 Å². The summed E-state index contributed by atoms with van der Waals surface area (Å²) in [6, 6.07) is 17.4. The van der Waals surface area contributed by atoms with Gasteiger partial charge in [0.05, 0.1) is 4.58 Å². The third-order valence-corrected chi connectivity index (χ3v) is 6.28. The predicted octanol–water partition coefficient (Wildman–Crippen LogP) is 4.18. The Balaban J connectivity index is 1.56. The zero-order chi connectivity index (χ0) is 15.2. The van der Waals surface area contributed by atoms with Gasteiger partial charge in [-0.1, -0.05) is 30.3 Å². The largest absolute Gasteiger partial charge is 0.484 e. The van der Waals surface area contributed by atoms with Crippen LogP contribution in [0.5, 0.6) is 5.75 Å². The van der Waals surface area contributed by atoms with E-state index in [-0.39, 0.29) is 12.5 Å². The van der Waals surface area contributed by atoms with Gasteiger partial charge in [-0.15, -0.1) is 23.5 Å². The molecule has 0 aromatic heterocycles. The molecule has 3 nitrogen and oxygen atoms in total. The van der Waals surface area contributed by atoms with Crippen molar-refractivity contribution in [2.24, 2.45) is 0 Å². The van der Waals surface area contributed by atoms with E-state index in [9.17, 15) is 4.79 Å². The summed E-state index contributed by atoms with van der Waals surface area (Å²) in [5.74, 6) is 2.94. The number of amides is 1. The Morgan fingerprint density at radius 2 is 1.86 bits per heavy atom. The second-order valence-corrected chi connectivity index (χ2v) is 7.57. The molecule has 0 aliphatic carbocycles. The zero-order valence-corrected chi connectivity index (χ0v) is 13.7. The van der Waals surface area contributed by atoms with Crippen LogP contribution in [-0.4, -0.2) is 24.0 Å². The summed E-state index contributed by atoms with van der Waals surface area (Å²) in [5.41, 5.74) is 2.08. The Hall–Kier alpha value is -1.59. The molecule has 0 radical (unpaired) electrons. The standard InChI is InChI=1S/C17H17NO2S2/c19-16(12-20-15-7-2-1-3-8-15)18-14-6-4-5-13(11-14)17-21-9-10-22-17/h1-8,11,17H,9-10,12H2,(H,18,19). The van der Waals surface area contributed by atoms with Crippen molar-refractivity contribution < 1.29 is 9.53 Å². The van der Waals surface area contributed by atoms with Crippen molar-refractivity contribution in [2.45, 2.75) is 4.58 Å². The molecule has 22 heavy (non-hydrogen) atoms. The quantitative estimate of drug-likeness (QED) is 0.892. The van der Waals surface area contributed by atoms with Crippen LogP contribution in [0.4, 0.5) is 5.69 Å². The highest BCUT2D eigenvalue weighted by atomic mass is 32.2. The molecule has 0 saturated carbocycles. The summed E-state index contributed by atoms with van der Waals surface area (Å²) >= 11 is 3.91. The number of nitrogens with one attached hydrogen (secondary N) is 1. The van der Waals surface area contributed by atoms with Crippen LogP contribution >= 0.6 is 23.5 Å². The fourth-order valence-corrected chi connectivity index (χ4v) is 5.01. The SMILES string of the molecule is O=C(COc1ccccc1)Nc1cccc(C2SCCS2)c1. The van der Waals surface area contributed by atoms with Crippen molar-refractivity contribution in [3.63, 3.8) is 0 Å². The van der Waals surface area contributed by atoms with E-state index < -0.39 is 0 Å². The molecule has 0 bridgehead atoms. The molecule has 5 heteroatoms. The molecule has 1 aliphatic rings. The number of benzene rings is 2. The van der Waals surface area contributed by atoms with Gasteiger partial charge in [-0.05, 0) is 29.8 Å². The van der Waals surface area contributed by atoms with Gasteiger partial charge in [-0.3, -0.25) is 4.79 Å². The third kappa shape index (κ3) is 4.21. The Kier molecular flexibility index (Phi) is 5.29. The summed E-state index contributed by atoms with van der Waals surface area (Å²) < 4.78 is 5.93. The number of rotatable bonds is 5. The van der Waals surface area contributed by atoms with Crippen LogP contribution in [0.2, 0.25) is 0 Å². The number of ether oxygens (including phenoxy) is 1. The number of anilines is 1. The molecular weight excluding hydrogens is 314 g/mol. The molecule has 3 rings (SSSR count). The molecular formula is C17H17NO2S2. The van der Waals surface area contributed by atoms with E-state index in [1.54, 1.807) is 0 Å². The lowest BCUT2D eigenvalue weighted by Gasteiger charge is -2.11. The van der Waals surface area contributed by atoms with E-state index in [0.717, 1.165) is 5.69 Å². The molecule has 114 valence electrons. The second kappa shape index (κ2) is 7.61. The maximum Gasteiger partial charge on any atom is 0.262 e. The average Bonchev–Trinajstić information content (AvgIpc) is 3.09. The topological polar surface area (TPSA) is 38.3 Å². The lowest BCUT2D eigenvalue weighted by molar-refractivity contribution is -0.118. The predicted molar refractivity (Wildman–Crippen MR) is 94.7 cm³/mol. The minimum absolute atomic E-state index is 0.0150. The molecule has 1 aliphatic heterocycles. The van der Waals surface area contributed by atoms with Crippen LogP contribution < -0.4 is 10.1 Å². The minimum Gasteiger partial charge on any atom is -0.484 e. The lowest BCUT2D eigenvalue weighted by atomic mass is 10.2. The van der Waals surface area contributed by atoms with Gasteiger partial charge in [0.1, 0.15) is 5.75 Å². The normalized spacial score (nSPS) is 14.7. The second-order valence-electron chi connectivity index (χ2n) is 4.85. The summed E-state index contributed by atoms with van der Waals surface area (Å²) in [6.07, 6.45) is 0. The minimum atomic E-state index is -0.146. The summed E-state index contributed by atoms with van der Waals surface area (Å²) in [5, 5.41) is 2.89. The molecule has 0 atom stereocenters. The highest BCUT2D eigenvalue weighted by Gasteiger charge is 2.18. The maximum atomic E-state index is 12.0. The number of para-hydroxylation sites is 1. The third-order valence-electron chi connectivity index (χ3n) is 3.18. The molecule has 0 spiro atoms. The van der Waals surface area contributed by atoms with E-state index in [4.69, 9.17) is 4.74 Å². The molecule has 1 heterocycles. The molecule has 1 N–H and O–H groups in total. The van der Waals surface area contributed by atoms with Gasteiger partial charge in [-0.25, -0.2) is 0 Å². The van der Waals surface area contributed by atoms with Gasteiger partial charge in [0.2, 0.25) is 0 Å². The van der Waals surface area contributed by atoms with E-state index in [0.29, 0.717) is 10.3 Å². The lowest BCUT2D eigenvalue weighted by Crippen LogP contribution is -2.20. The van der Waals surface area contributed by atoms with Gasteiger partial charge in [0, 0.05) is 17.2 Å². The van der Waals surface area contributed by atoms with E-state index >= 15 is 0 Å². The summed E-state index contributed by atoms with van der Waals surface area (Å²) in [6.45, 7) is 0.0150.